The number of rotatable bonds is 3. The summed E-state index contributed by atoms with van der Waals surface area (Å²) in [4.78, 5) is 25.2. The molecule has 0 fully saturated rings. The molecule has 5 heteroatoms. The molecule has 0 N–H and O–H groups in total. The molecule has 1 aliphatic rings. The highest BCUT2D eigenvalue weighted by molar-refractivity contribution is 6.30. The van der Waals surface area contributed by atoms with Crippen LogP contribution in [-0.4, -0.2) is 11.8 Å². The third-order valence-corrected chi connectivity index (χ3v) is 3.96. The summed E-state index contributed by atoms with van der Waals surface area (Å²) < 4.78 is 0. The molecule has 5 nitrogen and oxygen atoms in total. The third-order valence-electron chi connectivity index (χ3n) is 3.96. The Labute approximate surface area is 143 Å². The first-order valence-electron chi connectivity index (χ1n) is 7.79. The van der Waals surface area contributed by atoms with Gasteiger partial charge in [0.25, 0.3) is 11.8 Å². The molecule has 0 spiro atoms. The summed E-state index contributed by atoms with van der Waals surface area (Å²) in [7, 11) is 0. The number of anilines is 1. The number of fused-ring (bicyclic) bond motifs is 1. The minimum atomic E-state index is -0.339. The van der Waals surface area contributed by atoms with Crippen LogP contribution in [0.3, 0.4) is 0 Å². The van der Waals surface area contributed by atoms with Gasteiger partial charge in [-0.2, -0.15) is 5.11 Å². The van der Waals surface area contributed by atoms with Crippen molar-refractivity contribution in [3.05, 3.63) is 78.9 Å². The van der Waals surface area contributed by atoms with E-state index in [0.717, 1.165) is 16.5 Å². The van der Waals surface area contributed by atoms with Gasteiger partial charge in [-0.25, -0.2) is 4.90 Å². The maximum atomic E-state index is 12.0. The van der Waals surface area contributed by atoms with Gasteiger partial charge in [0.2, 0.25) is 0 Å². The average molecular weight is 327 g/mol. The van der Waals surface area contributed by atoms with E-state index in [4.69, 9.17) is 0 Å². The minimum absolute atomic E-state index is 0.339. The molecule has 2 amide bonds. The highest BCUT2D eigenvalue weighted by Crippen LogP contribution is 2.35. The number of carbonyl (C=O) groups excluding carboxylic acids is 2. The number of amides is 2. The van der Waals surface area contributed by atoms with Gasteiger partial charge < -0.3 is 0 Å². The SMILES string of the molecule is O=C1C=CC(=O)N1c1ccc(N=Nc2ccccc2)c2ccccc12. The smallest absolute Gasteiger partial charge is 0.258 e. The molecular weight excluding hydrogens is 314 g/mol. The van der Waals surface area contributed by atoms with Crippen molar-refractivity contribution in [2.75, 3.05) is 4.90 Å². The monoisotopic (exact) mass is 327 g/mol. The van der Waals surface area contributed by atoms with Gasteiger partial charge in [-0.1, -0.05) is 42.5 Å². The van der Waals surface area contributed by atoms with Gasteiger partial charge in [0, 0.05) is 22.9 Å². The Kier molecular flexibility index (Phi) is 3.67. The van der Waals surface area contributed by atoms with Crippen LogP contribution in [0.25, 0.3) is 10.8 Å². The van der Waals surface area contributed by atoms with Crippen molar-refractivity contribution in [2.45, 2.75) is 0 Å². The summed E-state index contributed by atoms with van der Waals surface area (Å²) >= 11 is 0. The highest BCUT2D eigenvalue weighted by atomic mass is 16.2. The van der Waals surface area contributed by atoms with Crippen molar-refractivity contribution in [1.82, 2.24) is 0 Å². The van der Waals surface area contributed by atoms with Gasteiger partial charge in [0.1, 0.15) is 0 Å². The third kappa shape index (κ3) is 2.72. The molecule has 0 unspecified atom stereocenters. The first kappa shape index (κ1) is 15.0. The summed E-state index contributed by atoms with van der Waals surface area (Å²) in [6, 6.07) is 20.5. The lowest BCUT2D eigenvalue weighted by atomic mass is 10.1. The van der Waals surface area contributed by atoms with Crippen LogP contribution in [0.4, 0.5) is 17.1 Å². The van der Waals surface area contributed by atoms with Crippen LogP contribution in [0.15, 0.2) is 89.1 Å². The van der Waals surface area contributed by atoms with Crippen LogP contribution < -0.4 is 4.90 Å². The average Bonchev–Trinajstić information content (AvgIpc) is 2.99. The van der Waals surface area contributed by atoms with Crippen molar-refractivity contribution in [1.29, 1.82) is 0 Å². The molecule has 25 heavy (non-hydrogen) atoms. The van der Waals surface area contributed by atoms with Crippen molar-refractivity contribution < 1.29 is 9.59 Å². The van der Waals surface area contributed by atoms with E-state index >= 15 is 0 Å². The van der Waals surface area contributed by atoms with Gasteiger partial charge in [0.05, 0.1) is 17.1 Å². The number of benzene rings is 3. The fourth-order valence-electron chi connectivity index (χ4n) is 2.79. The van der Waals surface area contributed by atoms with Gasteiger partial charge in [-0.3, -0.25) is 9.59 Å². The lowest BCUT2D eigenvalue weighted by Gasteiger charge is -2.17. The maximum Gasteiger partial charge on any atom is 0.258 e. The van der Waals surface area contributed by atoms with E-state index in [-0.39, 0.29) is 11.8 Å². The summed E-state index contributed by atoms with van der Waals surface area (Å²) in [6.07, 6.45) is 2.56. The lowest BCUT2D eigenvalue weighted by Crippen LogP contribution is -2.29. The molecule has 0 aromatic heterocycles. The Morgan fingerprint density at radius 1 is 0.640 bits per heavy atom. The molecule has 4 rings (SSSR count). The lowest BCUT2D eigenvalue weighted by molar-refractivity contribution is -0.119. The number of imide groups is 1. The van der Waals surface area contributed by atoms with Crippen molar-refractivity contribution >= 4 is 39.6 Å². The second-order valence-corrected chi connectivity index (χ2v) is 5.53. The maximum absolute atomic E-state index is 12.0. The molecule has 0 saturated carbocycles. The quantitative estimate of drug-likeness (QED) is 0.518. The number of nitrogens with zero attached hydrogens (tertiary/aromatic N) is 3. The van der Waals surface area contributed by atoms with E-state index in [2.05, 4.69) is 10.2 Å². The zero-order chi connectivity index (χ0) is 17.2. The highest BCUT2D eigenvalue weighted by Gasteiger charge is 2.26. The number of carbonyl (C=O) groups is 2. The largest absolute Gasteiger partial charge is 0.269 e. The summed E-state index contributed by atoms with van der Waals surface area (Å²) in [5.41, 5.74) is 1.98. The summed E-state index contributed by atoms with van der Waals surface area (Å²) in [5, 5.41) is 10.2. The number of azo groups is 1. The van der Waals surface area contributed by atoms with E-state index in [9.17, 15) is 9.59 Å². The van der Waals surface area contributed by atoms with Crippen molar-refractivity contribution in [3.63, 3.8) is 0 Å². The molecule has 0 bridgehead atoms. The minimum Gasteiger partial charge on any atom is -0.269 e. The normalized spacial score (nSPS) is 14.2. The van der Waals surface area contributed by atoms with E-state index in [1.54, 1.807) is 12.1 Å². The van der Waals surface area contributed by atoms with Gasteiger partial charge in [0.15, 0.2) is 0 Å². The molecule has 120 valence electrons. The fourth-order valence-corrected chi connectivity index (χ4v) is 2.79. The van der Waals surface area contributed by atoms with Gasteiger partial charge in [-0.15, -0.1) is 5.11 Å². The van der Waals surface area contributed by atoms with E-state index < -0.39 is 0 Å². The molecule has 0 saturated heterocycles. The summed E-state index contributed by atoms with van der Waals surface area (Å²) in [5.74, 6) is -0.678. The Morgan fingerprint density at radius 3 is 2.00 bits per heavy atom. The molecule has 0 radical (unpaired) electrons. The Hall–Kier alpha value is -3.60. The van der Waals surface area contributed by atoms with Crippen molar-refractivity contribution in [2.24, 2.45) is 10.2 Å². The molecule has 0 atom stereocenters. The van der Waals surface area contributed by atoms with Gasteiger partial charge >= 0.3 is 0 Å². The fraction of sp³-hybridized carbons (Fsp3) is 0. The van der Waals surface area contributed by atoms with Gasteiger partial charge in [-0.05, 0) is 24.3 Å². The molecule has 0 aliphatic carbocycles. The molecule has 1 heterocycles. The van der Waals surface area contributed by atoms with Crippen LogP contribution in [-0.2, 0) is 9.59 Å². The molecule has 1 aliphatic heterocycles. The number of hydrogen-bond donors (Lipinski definition) is 0. The molecule has 3 aromatic carbocycles. The molecule has 3 aromatic rings. The first-order chi connectivity index (χ1) is 12.2. The Bertz CT molecular complexity index is 1020. The number of hydrogen-bond acceptors (Lipinski definition) is 4. The van der Waals surface area contributed by atoms with E-state index in [1.165, 1.54) is 17.1 Å². The van der Waals surface area contributed by atoms with Crippen molar-refractivity contribution in [3.8, 4) is 0 Å². The van der Waals surface area contributed by atoms with Crippen LogP contribution in [0, 0.1) is 0 Å². The molecular formula is C20H13N3O2. The topological polar surface area (TPSA) is 62.1 Å². The van der Waals surface area contributed by atoms with Crippen LogP contribution in [0.5, 0.6) is 0 Å². The van der Waals surface area contributed by atoms with E-state index in [0.29, 0.717) is 11.4 Å². The second kappa shape index (κ2) is 6.13. The summed E-state index contributed by atoms with van der Waals surface area (Å²) in [6.45, 7) is 0. The Balaban J connectivity index is 1.81. The standard InChI is InChI=1S/C20H13N3O2/c24-19-12-13-20(25)23(19)18-11-10-17(15-8-4-5-9-16(15)18)22-21-14-6-2-1-3-7-14/h1-13H. The predicted octanol–water partition coefficient (Wildman–Crippen LogP) is 4.68. The van der Waals surface area contributed by atoms with Crippen LogP contribution in [0.2, 0.25) is 0 Å². The van der Waals surface area contributed by atoms with Crippen LogP contribution >= 0.6 is 0 Å². The Morgan fingerprint density at radius 2 is 1.28 bits per heavy atom. The van der Waals surface area contributed by atoms with Crippen LogP contribution in [0.1, 0.15) is 0 Å². The van der Waals surface area contributed by atoms with E-state index in [1.807, 2.05) is 54.6 Å². The second-order valence-electron chi connectivity index (χ2n) is 5.53. The zero-order valence-electron chi connectivity index (χ0n) is 13.2. The first-order valence-corrected chi connectivity index (χ1v) is 7.79. The zero-order valence-corrected chi connectivity index (χ0v) is 13.2. The predicted molar refractivity (Wildman–Crippen MR) is 96.2 cm³/mol.